The molecule has 1 saturated heterocycles. The molecule has 1 aliphatic heterocycles. The summed E-state index contributed by atoms with van der Waals surface area (Å²) in [5, 5.41) is 4.44. The largest absolute Gasteiger partial charge is 0.311 e. The van der Waals surface area contributed by atoms with Gasteiger partial charge in [0.05, 0.1) is 0 Å². The summed E-state index contributed by atoms with van der Waals surface area (Å²) >= 11 is 2.10. The molecule has 1 heterocycles. The van der Waals surface area contributed by atoms with E-state index in [2.05, 4.69) is 49.7 Å². The highest BCUT2D eigenvalue weighted by Crippen LogP contribution is 2.17. The summed E-state index contributed by atoms with van der Waals surface area (Å²) in [6.07, 6.45) is 1.19. The Morgan fingerprint density at radius 1 is 1.47 bits per heavy atom. The Balaban J connectivity index is 2.14. The van der Waals surface area contributed by atoms with Crippen LogP contribution in [-0.4, -0.2) is 47.6 Å². The summed E-state index contributed by atoms with van der Waals surface area (Å²) in [5.74, 6) is 1.30. The fraction of sp³-hybridized carbons (Fsp3) is 1.00. The van der Waals surface area contributed by atoms with Gasteiger partial charge in [-0.05, 0) is 20.3 Å². The highest BCUT2D eigenvalue weighted by molar-refractivity contribution is 7.99. The predicted octanol–water partition coefficient (Wildman–Crippen LogP) is 2.20. The number of nitrogens with one attached hydrogen (secondary N) is 1. The number of hydrogen-bond acceptors (Lipinski definition) is 3. The second kappa shape index (κ2) is 6.12. The van der Waals surface area contributed by atoms with Crippen LogP contribution in [0.1, 0.15) is 34.1 Å². The third-order valence-electron chi connectivity index (χ3n) is 3.24. The van der Waals surface area contributed by atoms with Gasteiger partial charge in [0.15, 0.2) is 0 Å². The lowest BCUT2D eigenvalue weighted by Crippen LogP contribution is -2.45. The Bertz CT molecular complexity index is 182. The van der Waals surface area contributed by atoms with Crippen LogP contribution in [0.15, 0.2) is 0 Å². The lowest BCUT2D eigenvalue weighted by atomic mass is 10.0. The third kappa shape index (κ3) is 5.23. The number of thioether (sulfide) groups is 1. The van der Waals surface area contributed by atoms with Crippen molar-refractivity contribution >= 4 is 11.8 Å². The lowest BCUT2D eigenvalue weighted by molar-refractivity contribution is 0.266. The van der Waals surface area contributed by atoms with Crippen LogP contribution in [0.2, 0.25) is 0 Å². The molecule has 1 N–H and O–H groups in total. The molecule has 1 aliphatic rings. The van der Waals surface area contributed by atoms with E-state index < -0.39 is 0 Å². The molecule has 0 radical (unpaired) electrons. The molecule has 1 atom stereocenters. The molecule has 1 fully saturated rings. The van der Waals surface area contributed by atoms with Crippen molar-refractivity contribution in [3.63, 3.8) is 0 Å². The molecular weight excluding hydrogens is 204 g/mol. The first-order valence-corrected chi connectivity index (χ1v) is 7.17. The minimum Gasteiger partial charge on any atom is -0.311 e. The van der Waals surface area contributed by atoms with Crippen molar-refractivity contribution in [1.29, 1.82) is 0 Å². The van der Waals surface area contributed by atoms with Gasteiger partial charge in [-0.25, -0.2) is 0 Å². The Morgan fingerprint density at radius 3 is 2.80 bits per heavy atom. The fourth-order valence-electron chi connectivity index (χ4n) is 1.77. The maximum Gasteiger partial charge on any atom is 0.0147 e. The van der Waals surface area contributed by atoms with Crippen molar-refractivity contribution in [3.8, 4) is 0 Å². The van der Waals surface area contributed by atoms with E-state index in [0.717, 1.165) is 11.8 Å². The van der Waals surface area contributed by atoms with Crippen molar-refractivity contribution < 1.29 is 0 Å². The van der Waals surface area contributed by atoms with Crippen LogP contribution in [0.4, 0.5) is 0 Å². The van der Waals surface area contributed by atoms with Crippen molar-refractivity contribution in [3.05, 3.63) is 0 Å². The molecule has 1 unspecified atom stereocenters. The van der Waals surface area contributed by atoms with Crippen molar-refractivity contribution in [2.75, 3.05) is 31.9 Å². The SMILES string of the molecule is CCC(C)(C)NCCN1CCSC(C)C1. The Kier molecular flexibility index (Phi) is 5.44. The van der Waals surface area contributed by atoms with Crippen molar-refractivity contribution in [2.24, 2.45) is 0 Å². The van der Waals surface area contributed by atoms with Gasteiger partial charge in [-0.1, -0.05) is 13.8 Å². The minimum atomic E-state index is 0.302. The van der Waals surface area contributed by atoms with Crippen LogP contribution in [0, 0.1) is 0 Å². The zero-order valence-electron chi connectivity index (χ0n) is 10.7. The maximum atomic E-state index is 3.62. The van der Waals surface area contributed by atoms with Gasteiger partial charge in [0.1, 0.15) is 0 Å². The van der Waals surface area contributed by atoms with E-state index in [-0.39, 0.29) is 0 Å². The fourth-order valence-corrected chi connectivity index (χ4v) is 2.85. The summed E-state index contributed by atoms with van der Waals surface area (Å²) in [5.41, 5.74) is 0.302. The molecule has 0 saturated carbocycles. The van der Waals surface area contributed by atoms with E-state index in [4.69, 9.17) is 0 Å². The van der Waals surface area contributed by atoms with Gasteiger partial charge in [0.2, 0.25) is 0 Å². The Morgan fingerprint density at radius 2 is 2.20 bits per heavy atom. The molecule has 0 amide bonds. The molecule has 0 aliphatic carbocycles. The predicted molar refractivity (Wildman–Crippen MR) is 70.7 cm³/mol. The van der Waals surface area contributed by atoms with Crippen LogP contribution < -0.4 is 5.32 Å². The van der Waals surface area contributed by atoms with Crippen molar-refractivity contribution in [1.82, 2.24) is 10.2 Å². The Labute approximate surface area is 99.2 Å². The van der Waals surface area contributed by atoms with Gasteiger partial charge in [-0.2, -0.15) is 11.8 Å². The molecule has 0 aromatic heterocycles. The molecule has 0 aromatic carbocycles. The summed E-state index contributed by atoms with van der Waals surface area (Å²) in [6, 6.07) is 0. The van der Waals surface area contributed by atoms with Gasteiger partial charge >= 0.3 is 0 Å². The molecule has 0 aromatic rings. The summed E-state index contributed by atoms with van der Waals surface area (Å²) in [7, 11) is 0. The second-order valence-corrected chi connectivity index (χ2v) is 6.69. The molecule has 90 valence electrons. The lowest BCUT2D eigenvalue weighted by Gasteiger charge is -2.32. The molecule has 0 bridgehead atoms. The van der Waals surface area contributed by atoms with Gasteiger partial charge < -0.3 is 10.2 Å². The first-order chi connectivity index (χ1) is 7.03. The normalized spacial score (nSPS) is 24.4. The zero-order valence-corrected chi connectivity index (χ0v) is 11.5. The molecule has 3 heteroatoms. The molecule has 1 rings (SSSR count). The van der Waals surface area contributed by atoms with Crippen LogP contribution in [0.25, 0.3) is 0 Å². The molecular formula is C12H26N2S. The molecule has 15 heavy (non-hydrogen) atoms. The van der Waals surface area contributed by atoms with Gasteiger partial charge in [0, 0.05) is 42.7 Å². The molecule has 2 nitrogen and oxygen atoms in total. The van der Waals surface area contributed by atoms with Crippen molar-refractivity contribution in [2.45, 2.75) is 44.9 Å². The monoisotopic (exact) mass is 230 g/mol. The topological polar surface area (TPSA) is 15.3 Å². The average Bonchev–Trinajstić information content (AvgIpc) is 2.18. The van der Waals surface area contributed by atoms with Crippen LogP contribution in [0.5, 0.6) is 0 Å². The van der Waals surface area contributed by atoms with E-state index in [1.165, 1.54) is 31.8 Å². The number of rotatable bonds is 5. The maximum absolute atomic E-state index is 3.62. The quantitative estimate of drug-likeness (QED) is 0.779. The minimum absolute atomic E-state index is 0.302. The van der Waals surface area contributed by atoms with E-state index in [9.17, 15) is 0 Å². The van der Waals surface area contributed by atoms with Crippen LogP contribution in [-0.2, 0) is 0 Å². The van der Waals surface area contributed by atoms with Crippen LogP contribution in [0.3, 0.4) is 0 Å². The van der Waals surface area contributed by atoms with Crippen LogP contribution >= 0.6 is 11.8 Å². The van der Waals surface area contributed by atoms with E-state index in [0.29, 0.717) is 5.54 Å². The average molecular weight is 230 g/mol. The van der Waals surface area contributed by atoms with E-state index >= 15 is 0 Å². The first-order valence-electron chi connectivity index (χ1n) is 6.12. The first kappa shape index (κ1) is 13.3. The highest BCUT2D eigenvalue weighted by atomic mass is 32.2. The summed E-state index contributed by atoms with van der Waals surface area (Å²) < 4.78 is 0. The van der Waals surface area contributed by atoms with E-state index in [1.54, 1.807) is 0 Å². The number of nitrogens with zero attached hydrogens (tertiary/aromatic N) is 1. The smallest absolute Gasteiger partial charge is 0.0147 e. The third-order valence-corrected chi connectivity index (χ3v) is 4.38. The van der Waals surface area contributed by atoms with E-state index in [1.807, 2.05) is 0 Å². The summed E-state index contributed by atoms with van der Waals surface area (Å²) in [6.45, 7) is 14.0. The van der Waals surface area contributed by atoms with Gasteiger partial charge in [-0.15, -0.1) is 0 Å². The Hall–Kier alpha value is 0.270. The summed E-state index contributed by atoms with van der Waals surface area (Å²) in [4.78, 5) is 2.58. The highest BCUT2D eigenvalue weighted by Gasteiger charge is 2.17. The molecule has 0 spiro atoms. The zero-order chi connectivity index (χ0) is 11.3. The van der Waals surface area contributed by atoms with Gasteiger partial charge in [-0.3, -0.25) is 0 Å². The standard InChI is InChI=1S/C12H26N2S/c1-5-12(3,4)13-6-7-14-8-9-15-11(2)10-14/h11,13H,5-10H2,1-4H3. The number of hydrogen-bond donors (Lipinski definition) is 1. The van der Waals surface area contributed by atoms with Gasteiger partial charge in [0.25, 0.3) is 0 Å². The second-order valence-electron chi connectivity index (χ2n) is 5.15.